The molecular weight excluding hydrogens is 410 g/mol. The van der Waals surface area contributed by atoms with E-state index in [4.69, 9.17) is 4.52 Å². The third-order valence-corrected chi connectivity index (χ3v) is 8.41. The number of thiophene rings is 1. The molecule has 2 aliphatic heterocycles. The van der Waals surface area contributed by atoms with Crippen LogP contribution in [0.25, 0.3) is 0 Å². The lowest BCUT2D eigenvalue weighted by atomic mass is 9.92. The van der Waals surface area contributed by atoms with Gasteiger partial charge in [-0.2, -0.15) is 0 Å². The largest absolute Gasteiger partial charge is 0.351 e. The zero-order chi connectivity index (χ0) is 21.4. The van der Waals surface area contributed by atoms with E-state index in [-0.39, 0.29) is 23.8 Å². The van der Waals surface area contributed by atoms with E-state index in [0.717, 1.165) is 63.9 Å². The molecule has 6 nitrogen and oxygen atoms in total. The number of piperidine rings is 1. The molecule has 0 N–H and O–H groups in total. The van der Waals surface area contributed by atoms with Crippen LogP contribution in [0.1, 0.15) is 90.5 Å². The van der Waals surface area contributed by atoms with Gasteiger partial charge in [0.1, 0.15) is 0 Å². The summed E-state index contributed by atoms with van der Waals surface area (Å²) in [5.74, 6) is 1.13. The van der Waals surface area contributed by atoms with Gasteiger partial charge in [0, 0.05) is 42.4 Å². The number of amides is 2. The number of carbonyl (C=O) groups is 2. The first-order valence-corrected chi connectivity index (χ1v) is 12.7. The number of aromatic nitrogens is 1. The second-order valence-electron chi connectivity index (χ2n) is 9.17. The van der Waals surface area contributed by atoms with Crippen LogP contribution in [0.15, 0.2) is 22.0 Å². The first kappa shape index (κ1) is 20.7. The molecule has 1 atom stereocenters. The van der Waals surface area contributed by atoms with Gasteiger partial charge >= 0.3 is 0 Å². The van der Waals surface area contributed by atoms with Crippen LogP contribution in [0.3, 0.4) is 0 Å². The SMILES string of the molecule is CCC1c2ccsc2CCN1C(=O)c1cc(C2CCN(C(=O)C3CCCC3)CC2)no1. The molecule has 166 valence electrons. The van der Waals surface area contributed by atoms with Gasteiger partial charge in [-0.3, -0.25) is 9.59 Å². The third-order valence-electron chi connectivity index (χ3n) is 7.41. The Bertz CT molecular complexity index is 938. The summed E-state index contributed by atoms with van der Waals surface area (Å²) in [7, 11) is 0. The summed E-state index contributed by atoms with van der Waals surface area (Å²) in [6.45, 7) is 4.41. The number of fused-ring (bicyclic) bond motifs is 1. The molecule has 0 bridgehead atoms. The highest BCUT2D eigenvalue weighted by Crippen LogP contribution is 2.37. The van der Waals surface area contributed by atoms with Crippen molar-refractivity contribution in [2.45, 2.75) is 70.3 Å². The zero-order valence-corrected chi connectivity index (χ0v) is 19.0. The molecule has 1 saturated carbocycles. The van der Waals surface area contributed by atoms with E-state index in [1.54, 1.807) is 11.3 Å². The first-order valence-electron chi connectivity index (χ1n) is 11.8. The molecule has 0 aromatic carbocycles. The van der Waals surface area contributed by atoms with Gasteiger partial charge < -0.3 is 14.3 Å². The molecule has 1 aliphatic carbocycles. The fourth-order valence-corrected chi connectivity index (χ4v) is 6.56. The van der Waals surface area contributed by atoms with E-state index in [9.17, 15) is 9.59 Å². The van der Waals surface area contributed by atoms with Crippen molar-refractivity contribution in [2.24, 2.45) is 5.92 Å². The highest BCUT2D eigenvalue weighted by atomic mass is 32.1. The van der Waals surface area contributed by atoms with Crippen LogP contribution in [0, 0.1) is 5.92 Å². The molecule has 2 fully saturated rings. The number of nitrogens with zero attached hydrogens (tertiary/aromatic N) is 3. The molecule has 2 aromatic heterocycles. The van der Waals surface area contributed by atoms with E-state index >= 15 is 0 Å². The van der Waals surface area contributed by atoms with Crippen molar-refractivity contribution in [1.82, 2.24) is 15.0 Å². The Hall–Kier alpha value is -2.15. The van der Waals surface area contributed by atoms with E-state index in [0.29, 0.717) is 11.7 Å². The molecule has 2 aromatic rings. The van der Waals surface area contributed by atoms with Gasteiger partial charge in [-0.1, -0.05) is 24.9 Å². The van der Waals surface area contributed by atoms with Gasteiger partial charge in [0.2, 0.25) is 11.7 Å². The van der Waals surface area contributed by atoms with Crippen LogP contribution in [0.4, 0.5) is 0 Å². The smallest absolute Gasteiger partial charge is 0.292 e. The van der Waals surface area contributed by atoms with Gasteiger partial charge in [0.25, 0.3) is 5.91 Å². The van der Waals surface area contributed by atoms with Crippen LogP contribution >= 0.6 is 11.3 Å². The molecule has 1 unspecified atom stereocenters. The Kier molecular flexibility index (Phi) is 5.87. The van der Waals surface area contributed by atoms with Gasteiger partial charge in [-0.05, 0) is 55.5 Å². The van der Waals surface area contributed by atoms with Crippen molar-refractivity contribution in [2.75, 3.05) is 19.6 Å². The number of hydrogen-bond donors (Lipinski definition) is 0. The quantitative estimate of drug-likeness (QED) is 0.685. The molecule has 5 rings (SSSR count). The Labute approximate surface area is 187 Å². The molecule has 31 heavy (non-hydrogen) atoms. The molecule has 1 saturated heterocycles. The molecule has 2 amide bonds. The van der Waals surface area contributed by atoms with Gasteiger partial charge in [0.15, 0.2) is 0 Å². The number of likely N-dealkylation sites (tertiary alicyclic amines) is 1. The maximum Gasteiger partial charge on any atom is 0.292 e. The maximum atomic E-state index is 13.2. The lowest BCUT2D eigenvalue weighted by Crippen LogP contribution is -2.40. The minimum absolute atomic E-state index is 0.0590. The van der Waals surface area contributed by atoms with Crippen molar-refractivity contribution in [3.63, 3.8) is 0 Å². The third kappa shape index (κ3) is 3.93. The summed E-state index contributed by atoms with van der Waals surface area (Å²) in [4.78, 5) is 31.3. The van der Waals surface area contributed by atoms with Crippen molar-refractivity contribution in [3.05, 3.63) is 39.4 Å². The van der Waals surface area contributed by atoms with E-state index < -0.39 is 0 Å². The average molecular weight is 442 g/mol. The van der Waals surface area contributed by atoms with Crippen molar-refractivity contribution in [1.29, 1.82) is 0 Å². The normalized spacial score (nSPS) is 22.7. The predicted molar refractivity (Wildman–Crippen MR) is 119 cm³/mol. The Morgan fingerprint density at radius 1 is 1.16 bits per heavy atom. The summed E-state index contributed by atoms with van der Waals surface area (Å²) in [5, 5.41) is 6.39. The first-order chi connectivity index (χ1) is 15.2. The standard InChI is InChI=1S/C24H31N3O3S/c1-2-20-18-10-14-31-22(18)9-13-27(20)24(29)21-15-19(25-30-21)16-7-11-26(12-8-16)23(28)17-5-3-4-6-17/h10,14-17,20H,2-9,11-13H2,1H3. The molecule has 0 spiro atoms. The predicted octanol–water partition coefficient (Wildman–Crippen LogP) is 4.78. The molecule has 3 aliphatic rings. The summed E-state index contributed by atoms with van der Waals surface area (Å²) >= 11 is 1.79. The molecule has 7 heteroatoms. The minimum Gasteiger partial charge on any atom is -0.351 e. The summed E-state index contributed by atoms with van der Waals surface area (Å²) in [5.41, 5.74) is 2.14. The Balaban J connectivity index is 1.22. The lowest BCUT2D eigenvalue weighted by Gasteiger charge is -2.34. The van der Waals surface area contributed by atoms with Crippen molar-refractivity contribution in [3.8, 4) is 0 Å². The van der Waals surface area contributed by atoms with E-state index in [1.165, 1.54) is 23.3 Å². The monoisotopic (exact) mass is 441 g/mol. The Morgan fingerprint density at radius 3 is 2.68 bits per heavy atom. The van der Waals surface area contributed by atoms with Crippen molar-refractivity contribution < 1.29 is 14.1 Å². The lowest BCUT2D eigenvalue weighted by molar-refractivity contribution is -0.136. The number of carbonyl (C=O) groups excluding carboxylic acids is 2. The van der Waals surface area contributed by atoms with E-state index in [2.05, 4.69) is 23.5 Å². The highest BCUT2D eigenvalue weighted by molar-refractivity contribution is 7.10. The Morgan fingerprint density at radius 2 is 1.94 bits per heavy atom. The summed E-state index contributed by atoms with van der Waals surface area (Å²) in [6, 6.07) is 4.11. The van der Waals surface area contributed by atoms with Crippen molar-refractivity contribution >= 4 is 23.2 Å². The zero-order valence-electron chi connectivity index (χ0n) is 18.2. The number of hydrogen-bond acceptors (Lipinski definition) is 5. The van der Waals surface area contributed by atoms with Gasteiger partial charge in [-0.15, -0.1) is 11.3 Å². The average Bonchev–Trinajstić information content (AvgIpc) is 3.58. The second-order valence-corrected chi connectivity index (χ2v) is 10.2. The van der Waals surface area contributed by atoms with Gasteiger partial charge in [-0.25, -0.2) is 0 Å². The highest BCUT2D eigenvalue weighted by Gasteiger charge is 2.34. The maximum absolute atomic E-state index is 13.2. The summed E-state index contributed by atoms with van der Waals surface area (Å²) in [6.07, 6.45) is 8.05. The number of rotatable bonds is 4. The van der Waals surface area contributed by atoms with Crippen LogP contribution < -0.4 is 0 Å². The fourth-order valence-electron chi connectivity index (χ4n) is 5.63. The van der Waals surface area contributed by atoms with Crippen LogP contribution in [0.5, 0.6) is 0 Å². The van der Waals surface area contributed by atoms with Crippen LogP contribution in [0.2, 0.25) is 0 Å². The van der Waals surface area contributed by atoms with E-state index in [1.807, 2.05) is 15.9 Å². The fraction of sp³-hybridized carbons (Fsp3) is 0.625. The summed E-state index contributed by atoms with van der Waals surface area (Å²) < 4.78 is 5.53. The second kappa shape index (κ2) is 8.77. The van der Waals surface area contributed by atoms with Crippen LogP contribution in [-0.2, 0) is 11.2 Å². The minimum atomic E-state index is -0.0590. The molecule has 0 radical (unpaired) electrons. The molecular formula is C24H31N3O3S. The topological polar surface area (TPSA) is 66.7 Å². The molecule has 4 heterocycles. The van der Waals surface area contributed by atoms with Gasteiger partial charge in [0.05, 0.1) is 11.7 Å². The van der Waals surface area contributed by atoms with Crippen LogP contribution in [-0.4, -0.2) is 46.4 Å².